The number of thiazole rings is 1. The van der Waals surface area contributed by atoms with Crippen molar-refractivity contribution in [3.05, 3.63) is 86.5 Å². The Bertz CT molecular complexity index is 1580. The van der Waals surface area contributed by atoms with Crippen LogP contribution in [0, 0.1) is 20.8 Å². The van der Waals surface area contributed by atoms with Gasteiger partial charge in [0.05, 0.1) is 20.8 Å². The maximum atomic E-state index is 13.1. The molecule has 0 saturated heterocycles. The quantitative estimate of drug-likeness (QED) is 0.391. The number of nitrogens with one attached hydrogen (secondary N) is 2. The zero-order valence-corrected chi connectivity index (χ0v) is 20.9. The van der Waals surface area contributed by atoms with Crippen LogP contribution in [0.15, 0.2) is 64.3 Å². The SMILES string of the molecule is CCn1c(=O)sc2cc(NC(=O)c3ccc(C)c(S(=O)(=O)Nc4ccc(C)cc4C)c3)ccc21. The van der Waals surface area contributed by atoms with Crippen LogP contribution >= 0.6 is 11.3 Å². The van der Waals surface area contributed by atoms with Gasteiger partial charge in [0.15, 0.2) is 0 Å². The van der Waals surface area contributed by atoms with Gasteiger partial charge in [-0.25, -0.2) is 8.42 Å². The van der Waals surface area contributed by atoms with Crippen molar-refractivity contribution in [3.63, 3.8) is 0 Å². The average Bonchev–Trinajstić information content (AvgIpc) is 3.09. The summed E-state index contributed by atoms with van der Waals surface area (Å²) in [6.07, 6.45) is 0. The highest BCUT2D eigenvalue weighted by atomic mass is 32.2. The molecule has 3 aromatic carbocycles. The standard InChI is InChI=1S/C25H25N3O4S2/c1-5-28-21-11-9-19(14-22(21)33-25(28)30)26-24(29)18-8-7-16(3)23(13-18)34(31,32)27-20-10-6-15(2)12-17(20)4/h6-14,27H,5H2,1-4H3,(H,26,29). The van der Waals surface area contributed by atoms with Crippen LogP contribution < -0.4 is 14.9 Å². The number of carbonyl (C=O) groups is 1. The Morgan fingerprint density at radius 2 is 1.74 bits per heavy atom. The first-order chi connectivity index (χ1) is 16.1. The van der Waals surface area contributed by atoms with Gasteiger partial charge in [-0.15, -0.1) is 0 Å². The van der Waals surface area contributed by atoms with E-state index in [0.717, 1.165) is 32.7 Å². The van der Waals surface area contributed by atoms with Crippen LogP contribution in [-0.2, 0) is 16.6 Å². The third-order valence-corrected chi connectivity index (χ3v) is 8.06. The summed E-state index contributed by atoms with van der Waals surface area (Å²) in [6, 6.07) is 15.3. The van der Waals surface area contributed by atoms with Gasteiger partial charge in [-0.2, -0.15) is 0 Å². The lowest BCUT2D eigenvalue weighted by Gasteiger charge is -2.14. The van der Waals surface area contributed by atoms with Crippen molar-refractivity contribution in [2.75, 3.05) is 10.0 Å². The number of aromatic nitrogens is 1. The second-order valence-corrected chi connectivity index (χ2v) is 10.8. The first-order valence-electron chi connectivity index (χ1n) is 10.7. The van der Waals surface area contributed by atoms with Crippen LogP contribution in [0.5, 0.6) is 0 Å². The third-order valence-electron chi connectivity index (χ3n) is 5.61. The Morgan fingerprint density at radius 1 is 0.971 bits per heavy atom. The van der Waals surface area contributed by atoms with Gasteiger partial charge in [0.1, 0.15) is 0 Å². The molecule has 0 aliphatic carbocycles. The lowest BCUT2D eigenvalue weighted by atomic mass is 10.1. The van der Waals surface area contributed by atoms with E-state index in [1.165, 1.54) is 6.07 Å². The summed E-state index contributed by atoms with van der Waals surface area (Å²) in [4.78, 5) is 25.0. The highest BCUT2D eigenvalue weighted by Gasteiger charge is 2.20. The largest absolute Gasteiger partial charge is 0.322 e. The van der Waals surface area contributed by atoms with Gasteiger partial charge in [-0.1, -0.05) is 35.1 Å². The average molecular weight is 496 g/mol. The molecule has 1 amide bonds. The van der Waals surface area contributed by atoms with E-state index in [4.69, 9.17) is 0 Å². The van der Waals surface area contributed by atoms with E-state index in [2.05, 4.69) is 10.0 Å². The van der Waals surface area contributed by atoms with E-state index in [1.54, 1.807) is 47.9 Å². The molecule has 0 bridgehead atoms. The summed E-state index contributed by atoms with van der Waals surface area (Å²) in [6.45, 7) is 7.94. The third kappa shape index (κ3) is 4.62. The molecule has 9 heteroatoms. The molecule has 0 fully saturated rings. The number of benzene rings is 3. The van der Waals surface area contributed by atoms with Crippen LogP contribution in [0.3, 0.4) is 0 Å². The summed E-state index contributed by atoms with van der Waals surface area (Å²) in [5.41, 5.74) is 4.42. The Labute approximate surface area is 202 Å². The van der Waals surface area contributed by atoms with Crippen LogP contribution in [0.1, 0.15) is 34.0 Å². The number of rotatable bonds is 6. The molecule has 2 N–H and O–H groups in total. The number of carbonyl (C=O) groups excluding carboxylic acids is 1. The number of hydrogen-bond donors (Lipinski definition) is 2. The van der Waals surface area contributed by atoms with Crippen molar-refractivity contribution in [1.82, 2.24) is 4.57 Å². The Balaban J connectivity index is 1.61. The molecule has 0 radical (unpaired) electrons. The lowest BCUT2D eigenvalue weighted by Crippen LogP contribution is -2.17. The molecule has 0 aliphatic rings. The Kier molecular flexibility index (Phi) is 6.33. The zero-order valence-electron chi connectivity index (χ0n) is 19.3. The molecule has 1 aromatic heterocycles. The molecule has 0 atom stereocenters. The van der Waals surface area contributed by atoms with E-state index >= 15 is 0 Å². The van der Waals surface area contributed by atoms with E-state index < -0.39 is 15.9 Å². The first kappa shape index (κ1) is 23.7. The molecule has 0 aliphatic heterocycles. The van der Waals surface area contributed by atoms with Crippen molar-refractivity contribution in [2.24, 2.45) is 0 Å². The van der Waals surface area contributed by atoms with Crippen molar-refractivity contribution < 1.29 is 13.2 Å². The fourth-order valence-electron chi connectivity index (χ4n) is 3.81. The van der Waals surface area contributed by atoms with E-state index in [9.17, 15) is 18.0 Å². The van der Waals surface area contributed by atoms with E-state index in [-0.39, 0.29) is 15.3 Å². The fourth-order valence-corrected chi connectivity index (χ4v) is 6.20. The smallest absolute Gasteiger partial charge is 0.308 e. The van der Waals surface area contributed by atoms with Gasteiger partial charge >= 0.3 is 4.87 Å². The molecule has 176 valence electrons. The van der Waals surface area contributed by atoms with Gasteiger partial charge < -0.3 is 5.32 Å². The zero-order chi connectivity index (χ0) is 24.6. The number of sulfonamides is 1. The predicted molar refractivity (Wildman–Crippen MR) is 138 cm³/mol. The number of fused-ring (bicyclic) bond motifs is 1. The van der Waals surface area contributed by atoms with Gasteiger partial charge in [0.25, 0.3) is 15.9 Å². The molecular formula is C25H25N3O4S2. The van der Waals surface area contributed by atoms with E-state index in [0.29, 0.717) is 23.5 Å². The second-order valence-electron chi connectivity index (χ2n) is 8.15. The van der Waals surface area contributed by atoms with E-state index in [1.807, 2.05) is 32.9 Å². The molecule has 7 nitrogen and oxygen atoms in total. The molecule has 0 saturated carbocycles. The fraction of sp³-hybridized carbons (Fsp3) is 0.200. The van der Waals surface area contributed by atoms with Crippen LogP contribution in [0.25, 0.3) is 10.2 Å². The Hall–Kier alpha value is -3.43. The minimum absolute atomic E-state index is 0.0359. The molecule has 4 aromatic rings. The topological polar surface area (TPSA) is 97.3 Å². The second kappa shape index (κ2) is 9.08. The number of nitrogens with zero attached hydrogens (tertiary/aromatic N) is 1. The number of hydrogen-bond acceptors (Lipinski definition) is 5. The normalized spacial score (nSPS) is 11.5. The van der Waals surface area contributed by atoms with Crippen molar-refractivity contribution in [1.29, 1.82) is 0 Å². The van der Waals surface area contributed by atoms with Crippen molar-refractivity contribution in [2.45, 2.75) is 39.1 Å². The molecule has 34 heavy (non-hydrogen) atoms. The van der Waals surface area contributed by atoms with Gasteiger partial charge in [-0.3, -0.25) is 18.9 Å². The highest BCUT2D eigenvalue weighted by molar-refractivity contribution is 7.92. The molecule has 4 rings (SSSR count). The van der Waals surface area contributed by atoms with Crippen LogP contribution in [-0.4, -0.2) is 18.9 Å². The van der Waals surface area contributed by atoms with Crippen LogP contribution in [0.4, 0.5) is 11.4 Å². The number of anilines is 2. The molecule has 0 spiro atoms. The van der Waals surface area contributed by atoms with Crippen molar-refractivity contribution >= 4 is 48.9 Å². The summed E-state index contributed by atoms with van der Waals surface area (Å²) < 4.78 is 31.3. The lowest BCUT2D eigenvalue weighted by molar-refractivity contribution is 0.102. The summed E-state index contributed by atoms with van der Waals surface area (Å²) >= 11 is 1.12. The van der Waals surface area contributed by atoms with Gasteiger partial charge in [-0.05, 0) is 75.2 Å². The maximum absolute atomic E-state index is 13.1. The number of amides is 1. The molecule has 0 unspecified atom stereocenters. The molecule has 1 heterocycles. The summed E-state index contributed by atoms with van der Waals surface area (Å²) in [5.74, 6) is -0.440. The summed E-state index contributed by atoms with van der Waals surface area (Å²) in [5, 5.41) is 2.80. The monoisotopic (exact) mass is 495 g/mol. The maximum Gasteiger partial charge on any atom is 0.308 e. The van der Waals surface area contributed by atoms with Crippen molar-refractivity contribution in [3.8, 4) is 0 Å². The minimum Gasteiger partial charge on any atom is -0.322 e. The highest BCUT2D eigenvalue weighted by Crippen LogP contribution is 2.25. The first-order valence-corrected chi connectivity index (χ1v) is 13.0. The number of aryl methyl sites for hydroxylation is 4. The summed E-state index contributed by atoms with van der Waals surface area (Å²) in [7, 11) is -3.91. The van der Waals surface area contributed by atoms with Gasteiger partial charge in [0, 0.05) is 17.8 Å². The van der Waals surface area contributed by atoms with Crippen LogP contribution in [0.2, 0.25) is 0 Å². The Morgan fingerprint density at radius 3 is 2.44 bits per heavy atom. The predicted octanol–water partition coefficient (Wildman–Crippen LogP) is 5.06. The molecular weight excluding hydrogens is 470 g/mol. The van der Waals surface area contributed by atoms with Gasteiger partial charge in [0.2, 0.25) is 0 Å². The minimum atomic E-state index is -3.91.